The van der Waals surface area contributed by atoms with Gasteiger partial charge in [0.1, 0.15) is 0 Å². The van der Waals surface area contributed by atoms with Crippen molar-refractivity contribution in [3.63, 3.8) is 0 Å². The Bertz CT molecular complexity index is 352. The van der Waals surface area contributed by atoms with Crippen LogP contribution in [0.2, 0.25) is 0 Å². The quantitative estimate of drug-likeness (QED) is 0.844. The van der Waals surface area contributed by atoms with Gasteiger partial charge in [0.15, 0.2) is 0 Å². The van der Waals surface area contributed by atoms with Crippen molar-refractivity contribution >= 4 is 12.4 Å². The number of aromatic nitrogens is 2. The van der Waals surface area contributed by atoms with Crippen molar-refractivity contribution in [2.45, 2.75) is 6.04 Å². The molecule has 1 atom stereocenters. The maximum absolute atomic E-state index is 6.01. The molecule has 1 unspecified atom stereocenters. The first kappa shape index (κ1) is 11.6. The van der Waals surface area contributed by atoms with Gasteiger partial charge in [0, 0.05) is 6.20 Å². The highest BCUT2D eigenvalue weighted by molar-refractivity contribution is 5.85. The van der Waals surface area contributed by atoms with Gasteiger partial charge in [-0.05, 0) is 17.7 Å². The molecule has 2 aromatic rings. The summed E-state index contributed by atoms with van der Waals surface area (Å²) in [5.41, 5.74) is 7.85. The normalized spacial score (nSPS) is 11.5. The second-order valence-corrected chi connectivity index (χ2v) is 3.04. The number of hydrogen-bond donors (Lipinski definition) is 1. The van der Waals surface area contributed by atoms with E-state index < -0.39 is 0 Å². The molecule has 2 N–H and O–H groups in total. The molecule has 78 valence electrons. The smallest absolute Gasteiger partial charge is 0.0843 e. The molecule has 0 radical (unpaired) electrons. The lowest BCUT2D eigenvalue weighted by atomic mass is 10.1. The van der Waals surface area contributed by atoms with E-state index in [-0.39, 0.29) is 18.4 Å². The number of benzene rings is 1. The minimum atomic E-state index is -0.190. The van der Waals surface area contributed by atoms with Gasteiger partial charge in [-0.2, -0.15) is 10.2 Å². The van der Waals surface area contributed by atoms with E-state index in [1.165, 1.54) is 0 Å². The van der Waals surface area contributed by atoms with Crippen LogP contribution in [0.25, 0.3) is 0 Å². The molecule has 3 nitrogen and oxygen atoms in total. The largest absolute Gasteiger partial charge is 0.319 e. The molecule has 0 fully saturated rings. The van der Waals surface area contributed by atoms with Crippen molar-refractivity contribution in [2.24, 2.45) is 5.73 Å². The van der Waals surface area contributed by atoms with Gasteiger partial charge < -0.3 is 5.73 Å². The molecular weight excluding hydrogens is 210 g/mol. The number of nitrogens with zero attached hydrogens (tertiary/aromatic N) is 2. The van der Waals surface area contributed by atoms with Crippen molar-refractivity contribution < 1.29 is 0 Å². The monoisotopic (exact) mass is 221 g/mol. The lowest BCUT2D eigenvalue weighted by Crippen LogP contribution is -2.13. The van der Waals surface area contributed by atoms with Crippen molar-refractivity contribution in [1.82, 2.24) is 10.2 Å². The molecule has 0 bridgehead atoms. The first-order valence-corrected chi connectivity index (χ1v) is 4.46. The maximum Gasteiger partial charge on any atom is 0.0843 e. The molecule has 1 aromatic heterocycles. The molecule has 0 aliphatic heterocycles. The van der Waals surface area contributed by atoms with Crippen LogP contribution in [0.1, 0.15) is 17.3 Å². The molecule has 2 rings (SSSR count). The van der Waals surface area contributed by atoms with E-state index in [0.29, 0.717) is 0 Å². The second kappa shape index (κ2) is 5.44. The topological polar surface area (TPSA) is 51.8 Å². The van der Waals surface area contributed by atoms with Gasteiger partial charge in [0.2, 0.25) is 0 Å². The summed E-state index contributed by atoms with van der Waals surface area (Å²) in [6.45, 7) is 0. The van der Waals surface area contributed by atoms with Crippen LogP contribution < -0.4 is 5.73 Å². The van der Waals surface area contributed by atoms with Gasteiger partial charge in [-0.25, -0.2) is 0 Å². The fourth-order valence-corrected chi connectivity index (χ4v) is 1.31. The summed E-state index contributed by atoms with van der Waals surface area (Å²) in [4.78, 5) is 0. The summed E-state index contributed by atoms with van der Waals surface area (Å²) in [6, 6.07) is 13.4. The zero-order valence-corrected chi connectivity index (χ0v) is 8.89. The summed E-state index contributed by atoms with van der Waals surface area (Å²) in [5, 5.41) is 7.78. The first-order chi connectivity index (χ1) is 6.88. The Labute approximate surface area is 94.8 Å². The average Bonchev–Trinajstić information content (AvgIpc) is 2.30. The van der Waals surface area contributed by atoms with E-state index in [4.69, 9.17) is 5.73 Å². The molecule has 0 saturated heterocycles. The number of nitrogens with two attached hydrogens (primary N) is 1. The first-order valence-electron chi connectivity index (χ1n) is 4.46. The molecule has 1 aromatic carbocycles. The Kier molecular flexibility index (Phi) is 4.21. The molecule has 0 spiro atoms. The number of rotatable bonds is 2. The van der Waals surface area contributed by atoms with E-state index in [9.17, 15) is 0 Å². The van der Waals surface area contributed by atoms with E-state index in [0.717, 1.165) is 11.3 Å². The molecule has 0 saturated carbocycles. The third-order valence-electron chi connectivity index (χ3n) is 2.07. The van der Waals surface area contributed by atoms with Crippen molar-refractivity contribution in [1.29, 1.82) is 0 Å². The lowest BCUT2D eigenvalue weighted by molar-refractivity contribution is 0.791. The average molecular weight is 222 g/mol. The van der Waals surface area contributed by atoms with Gasteiger partial charge in [-0.1, -0.05) is 30.3 Å². The third kappa shape index (κ3) is 2.75. The van der Waals surface area contributed by atoms with Gasteiger partial charge in [0.05, 0.1) is 11.7 Å². The van der Waals surface area contributed by atoms with E-state index >= 15 is 0 Å². The lowest BCUT2D eigenvalue weighted by Gasteiger charge is -2.09. The van der Waals surface area contributed by atoms with Crippen LogP contribution in [0, 0.1) is 0 Å². The highest BCUT2D eigenvalue weighted by Crippen LogP contribution is 2.15. The van der Waals surface area contributed by atoms with Crippen molar-refractivity contribution in [2.75, 3.05) is 0 Å². The Morgan fingerprint density at radius 3 is 2.33 bits per heavy atom. The number of halogens is 1. The molecule has 0 aliphatic rings. The van der Waals surface area contributed by atoms with E-state index in [2.05, 4.69) is 10.2 Å². The number of hydrogen-bond acceptors (Lipinski definition) is 3. The minimum absolute atomic E-state index is 0. The maximum atomic E-state index is 6.01. The fourth-order valence-electron chi connectivity index (χ4n) is 1.31. The molecule has 1 heterocycles. The van der Waals surface area contributed by atoms with Crippen LogP contribution in [0.15, 0.2) is 48.7 Å². The summed E-state index contributed by atoms with van der Waals surface area (Å²) in [6.07, 6.45) is 1.64. The van der Waals surface area contributed by atoms with Crippen LogP contribution in [-0.4, -0.2) is 10.2 Å². The van der Waals surface area contributed by atoms with Gasteiger partial charge >= 0.3 is 0 Å². The van der Waals surface area contributed by atoms with Crippen molar-refractivity contribution in [3.05, 3.63) is 59.9 Å². The highest BCUT2D eigenvalue weighted by atomic mass is 35.5. The minimum Gasteiger partial charge on any atom is -0.319 e. The van der Waals surface area contributed by atoms with Crippen LogP contribution in [0.5, 0.6) is 0 Å². The zero-order chi connectivity index (χ0) is 9.80. The molecule has 4 heteroatoms. The Balaban J connectivity index is 0.00000112. The van der Waals surface area contributed by atoms with E-state index in [1.54, 1.807) is 6.20 Å². The molecule has 0 amide bonds. The fraction of sp³-hybridized carbons (Fsp3) is 0.0909. The zero-order valence-electron chi connectivity index (χ0n) is 8.08. The van der Waals surface area contributed by atoms with E-state index in [1.807, 2.05) is 42.5 Å². The van der Waals surface area contributed by atoms with Crippen LogP contribution in [-0.2, 0) is 0 Å². The third-order valence-corrected chi connectivity index (χ3v) is 2.07. The summed E-state index contributed by atoms with van der Waals surface area (Å²) >= 11 is 0. The predicted molar refractivity (Wildman–Crippen MR) is 61.8 cm³/mol. The SMILES string of the molecule is Cl.NC(c1ccccc1)c1cccnn1. The predicted octanol–water partition coefficient (Wildman–Crippen LogP) is 1.95. The van der Waals surface area contributed by atoms with Gasteiger partial charge in [-0.15, -0.1) is 12.4 Å². The summed E-state index contributed by atoms with van der Waals surface area (Å²) in [5.74, 6) is 0. The highest BCUT2D eigenvalue weighted by Gasteiger charge is 2.08. The summed E-state index contributed by atoms with van der Waals surface area (Å²) in [7, 11) is 0. The Hall–Kier alpha value is -1.45. The van der Waals surface area contributed by atoms with Crippen molar-refractivity contribution in [3.8, 4) is 0 Å². The van der Waals surface area contributed by atoms with Crippen LogP contribution >= 0.6 is 12.4 Å². The van der Waals surface area contributed by atoms with Gasteiger partial charge in [-0.3, -0.25) is 0 Å². The molecular formula is C11H12ClN3. The van der Waals surface area contributed by atoms with Crippen LogP contribution in [0.3, 0.4) is 0 Å². The standard InChI is InChI=1S/C11H11N3.ClH/c12-11(9-5-2-1-3-6-9)10-7-4-8-13-14-10;/h1-8,11H,12H2;1H. The Morgan fingerprint density at radius 2 is 1.73 bits per heavy atom. The molecule has 15 heavy (non-hydrogen) atoms. The summed E-state index contributed by atoms with van der Waals surface area (Å²) < 4.78 is 0. The second-order valence-electron chi connectivity index (χ2n) is 3.04. The Morgan fingerprint density at radius 1 is 1.00 bits per heavy atom. The van der Waals surface area contributed by atoms with Crippen LogP contribution in [0.4, 0.5) is 0 Å². The molecule has 0 aliphatic carbocycles. The van der Waals surface area contributed by atoms with Gasteiger partial charge in [0.25, 0.3) is 0 Å².